The average molecular weight is 467 g/mol. The van der Waals surface area contributed by atoms with E-state index in [1.807, 2.05) is 45.9 Å². The van der Waals surface area contributed by atoms with Crippen LogP contribution in [0.3, 0.4) is 0 Å². The Morgan fingerprint density at radius 1 is 1.12 bits per heavy atom. The van der Waals surface area contributed by atoms with E-state index in [0.717, 1.165) is 71.9 Å². The van der Waals surface area contributed by atoms with Crippen molar-refractivity contribution in [3.05, 3.63) is 41.4 Å². The lowest BCUT2D eigenvalue weighted by atomic mass is 9.95. The molecule has 0 unspecified atom stereocenters. The normalized spacial score (nSPS) is 14.4. The van der Waals surface area contributed by atoms with E-state index in [4.69, 9.17) is 13.9 Å². The second-order valence-electron chi connectivity index (χ2n) is 8.61. The van der Waals surface area contributed by atoms with Gasteiger partial charge in [-0.15, -0.1) is 0 Å². The summed E-state index contributed by atoms with van der Waals surface area (Å²) < 4.78 is 17.1. The quantitative estimate of drug-likeness (QED) is 0.505. The van der Waals surface area contributed by atoms with E-state index >= 15 is 0 Å². The fourth-order valence-corrected chi connectivity index (χ4v) is 4.48. The molecule has 3 aromatic rings. The predicted molar refractivity (Wildman–Crippen MR) is 132 cm³/mol. The van der Waals surface area contributed by atoms with Crippen molar-refractivity contribution in [2.45, 2.75) is 47.0 Å². The molecular formula is C26H34N4O4. The highest BCUT2D eigenvalue weighted by Crippen LogP contribution is 2.32. The molecule has 182 valence electrons. The molecule has 1 saturated heterocycles. The van der Waals surface area contributed by atoms with Crippen molar-refractivity contribution in [1.82, 2.24) is 15.3 Å². The number of aryl methyl sites for hydroxylation is 2. The number of rotatable bonds is 9. The second-order valence-corrected chi connectivity index (χ2v) is 8.61. The van der Waals surface area contributed by atoms with E-state index < -0.39 is 0 Å². The lowest BCUT2D eigenvalue weighted by molar-refractivity contribution is -0.125. The highest BCUT2D eigenvalue weighted by molar-refractivity contribution is 5.90. The van der Waals surface area contributed by atoms with Crippen molar-refractivity contribution in [3.8, 4) is 11.5 Å². The summed E-state index contributed by atoms with van der Waals surface area (Å²) >= 11 is 0. The van der Waals surface area contributed by atoms with Crippen LogP contribution in [0.4, 0.5) is 5.82 Å². The molecule has 3 heterocycles. The fourth-order valence-electron chi connectivity index (χ4n) is 4.48. The van der Waals surface area contributed by atoms with Gasteiger partial charge >= 0.3 is 0 Å². The van der Waals surface area contributed by atoms with Crippen molar-refractivity contribution < 1.29 is 18.7 Å². The number of fused-ring (bicyclic) bond motifs is 1. The fraction of sp³-hybridized carbons (Fsp3) is 0.500. The van der Waals surface area contributed by atoms with Crippen LogP contribution in [0.2, 0.25) is 0 Å². The van der Waals surface area contributed by atoms with Crippen LogP contribution >= 0.6 is 0 Å². The van der Waals surface area contributed by atoms with Crippen LogP contribution in [0.5, 0.6) is 11.5 Å². The number of carbonyl (C=O) groups is 1. The van der Waals surface area contributed by atoms with Crippen molar-refractivity contribution >= 4 is 22.8 Å². The summed E-state index contributed by atoms with van der Waals surface area (Å²) in [6.07, 6.45) is 3.89. The van der Waals surface area contributed by atoms with Gasteiger partial charge in [0.1, 0.15) is 17.9 Å². The molecule has 34 heavy (non-hydrogen) atoms. The third-order valence-corrected chi connectivity index (χ3v) is 6.43. The molecule has 1 amide bonds. The number of ether oxygens (including phenoxy) is 2. The maximum absolute atomic E-state index is 12.8. The van der Waals surface area contributed by atoms with Crippen LogP contribution < -0.4 is 19.7 Å². The summed E-state index contributed by atoms with van der Waals surface area (Å²) in [7, 11) is 0. The molecule has 1 fully saturated rings. The Labute approximate surface area is 200 Å². The number of anilines is 1. The average Bonchev–Trinajstić information content (AvgIpc) is 3.14. The van der Waals surface area contributed by atoms with Crippen molar-refractivity contribution in [3.63, 3.8) is 0 Å². The number of nitrogens with zero attached hydrogens (tertiary/aromatic N) is 3. The maximum atomic E-state index is 12.8. The van der Waals surface area contributed by atoms with Crippen LogP contribution in [0, 0.1) is 19.8 Å². The number of piperidine rings is 1. The number of nitrogens with one attached hydrogen (secondary N) is 1. The lowest BCUT2D eigenvalue weighted by Gasteiger charge is -2.32. The van der Waals surface area contributed by atoms with Crippen molar-refractivity contribution in [1.29, 1.82) is 0 Å². The first-order valence-corrected chi connectivity index (χ1v) is 12.1. The van der Waals surface area contributed by atoms with Crippen LogP contribution in [0.25, 0.3) is 11.1 Å². The number of benzene rings is 1. The van der Waals surface area contributed by atoms with E-state index in [2.05, 4.69) is 20.2 Å². The SMILES string of the molecule is CCOc1ccc(CCNC(=O)C2CCN(c3ncnc4oc(C)c(C)c34)CC2)cc1OCC. The molecule has 0 bridgehead atoms. The number of carbonyl (C=O) groups excluding carboxylic acids is 1. The zero-order valence-electron chi connectivity index (χ0n) is 20.5. The van der Waals surface area contributed by atoms with Crippen LogP contribution in [0.1, 0.15) is 43.6 Å². The first-order valence-electron chi connectivity index (χ1n) is 12.1. The largest absolute Gasteiger partial charge is 0.490 e. The van der Waals surface area contributed by atoms with Gasteiger partial charge in [-0.1, -0.05) is 6.07 Å². The minimum atomic E-state index is 0.0140. The number of hydrogen-bond donors (Lipinski definition) is 1. The minimum Gasteiger partial charge on any atom is -0.490 e. The van der Waals surface area contributed by atoms with Gasteiger partial charge in [0.2, 0.25) is 11.6 Å². The van der Waals surface area contributed by atoms with Crippen molar-refractivity contribution in [2.24, 2.45) is 5.92 Å². The highest BCUT2D eigenvalue weighted by Gasteiger charge is 2.27. The van der Waals surface area contributed by atoms with Crippen LogP contribution in [0.15, 0.2) is 28.9 Å². The maximum Gasteiger partial charge on any atom is 0.231 e. The van der Waals surface area contributed by atoms with Crippen LogP contribution in [-0.2, 0) is 11.2 Å². The third-order valence-electron chi connectivity index (χ3n) is 6.43. The number of furan rings is 1. The Bertz CT molecular complexity index is 1140. The molecule has 8 nitrogen and oxygen atoms in total. The summed E-state index contributed by atoms with van der Waals surface area (Å²) in [5, 5.41) is 4.10. The molecule has 8 heteroatoms. The predicted octanol–water partition coefficient (Wildman–Crippen LogP) is 4.21. The second kappa shape index (κ2) is 10.8. The Morgan fingerprint density at radius 3 is 2.59 bits per heavy atom. The van der Waals surface area contributed by atoms with Gasteiger partial charge in [0.05, 0.1) is 18.6 Å². The number of amides is 1. The van der Waals surface area contributed by atoms with Gasteiger partial charge in [0.25, 0.3) is 0 Å². The van der Waals surface area contributed by atoms with E-state index in [9.17, 15) is 4.79 Å². The first-order chi connectivity index (χ1) is 16.5. The van der Waals surface area contributed by atoms with Gasteiger partial charge in [-0.25, -0.2) is 9.97 Å². The topological polar surface area (TPSA) is 89.7 Å². The monoisotopic (exact) mass is 466 g/mol. The highest BCUT2D eigenvalue weighted by atomic mass is 16.5. The minimum absolute atomic E-state index is 0.0140. The summed E-state index contributed by atoms with van der Waals surface area (Å²) in [5.41, 5.74) is 2.81. The van der Waals surface area contributed by atoms with Crippen molar-refractivity contribution in [2.75, 3.05) is 37.7 Å². The molecule has 0 aliphatic carbocycles. The molecule has 0 saturated carbocycles. The summed E-state index contributed by atoms with van der Waals surface area (Å²) in [4.78, 5) is 23.8. The van der Waals surface area contributed by atoms with E-state index in [-0.39, 0.29) is 11.8 Å². The molecule has 0 radical (unpaired) electrons. The summed E-state index contributed by atoms with van der Waals surface area (Å²) in [6, 6.07) is 5.97. The Morgan fingerprint density at radius 2 is 1.85 bits per heavy atom. The smallest absolute Gasteiger partial charge is 0.231 e. The lowest BCUT2D eigenvalue weighted by Crippen LogP contribution is -2.41. The Kier molecular flexibility index (Phi) is 7.55. The molecule has 0 spiro atoms. The van der Waals surface area contributed by atoms with E-state index in [1.54, 1.807) is 6.33 Å². The van der Waals surface area contributed by atoms with Gasteiger partial charge in [-0.2, -0.15) is 0 Å². The summed E-state index contributed by atoms with van der Waals surface area (Å²) in [5.74, 6) is 3.41. The van der Waals surface area contributed by atoms with Gasteiger partial charge in [-0.05, 0) is 64.7 Å². The van der Waals surface area contributed by atoms with Gasteiger partial charge in [-0.3, -0.25) is 4.79 Å². The molecule has 1 aliphatic rings. The standard InChI is InChI=1S/C26H34N4O4/c1-5-32-21-8-7-19(15-22(21)33-6-2)9-12-27-25(31)20-10-13-30(14-11-20)24-23-17(3)18(4)34-26(23)29-16-28-24/h7-8,15-16,20H,5-6,9-14H2,1-4H3,(H,27,31). The Hall–Kier alpha value is -3.29. The molecular weight excluding hydrogens is 432 g/mol. The van der Waals surface area contributed by atoms with Crippen LogP contribution in [-0.4, -0.2) is 48.7 Å². The Balaban J connectivity index is 1.30. The first kappa shape index (κ1) is 23.9. The molecule has 4 rings (SSSR count). The number of aromatic nitrogens is 2. The third kappa shape index (κ3) is 5.11. The summed E-state index contributed by atoms with van der Waals surface area (Å²) in [6.45, 7) is 11.2. The zero-order valence-corrected chi connectivity index (χ0v) is 20.5. The number of hydrogen-bond acceptors (Lipinski definition) is 7. The molecule has 1 N–H and O–H groups in total. The molecule has 1 aliphatic heterocycles. The van der Waals surface area contributed by atoms with E-state index in [1.165, 1.54) is 0 Å². The molecule has 0 atom stereocenters. The zero-order chi connectivity index (χ0) is 24.1. The van der Waals surface area contributed by atoms with Gasteiger partial charge < -0.3 is 24.1 Å². The van der Waals surface area contributed by atoms with Gasteiger partial charge in [0, 0.05) is 31.1 Å². The molecule has 2 aromatic heterocycles. The van der Waals surface area contributed by atoms with Gasteiger partial charge in [0.15, 0.2) is 11.5 Å². The molecule has 1 aromatic carbocycles. The van der Waals surface area contributed by atoms with E-state index in [0.29, 0.717) is 25.5 Å².